The molecule has 6 N–H and O–H groups in total. The van der Waals surface area contributed by atoms with Crippen LogP contribution in [0.15, 0.2) is 28.4 Å². The van der Waals surface area contributed by atoms with Crippen LogP contribution in [0.5, 0.6) is 0 Å². The second kappa shape index (κ2) is 4.92. The lowest BCUT2D eigenvalue weighted by Gasteiger charge is -2.08. The molecule has 1 heterocycles. The lowest BCUT2D eigenvalue weighted by atomic mass is 10.1. The molecule has 1 aromatic carbocycles. The van der Waals surface area contributed by atoms with E-state index < -0.39 is 5.91 Å². The first-order valence-electron chi connectivity index (χ1n) is 5.16. The van der Waals surface area contributed by atoms with Gasteiger partial charge in [-0.1, -0.05) is 11.3 Å². The van der Waals surface area contributed by atoms with Crippen LogP contribution >= 0.6 is 11.3 Å². The zero-order chi connectivity index (χ0) is 13.1. The van der Waals surface area contributed by atoms with E-state index in [0.29, 0.717) is 17.9 Å². The van der Waals surface area contributed by atoms with Crippen LogP contribution in [0, 0.1) is 0 Å². The van der Waals surface area contributed by atoms with Crippen LogP contribution in [0.3, 0.4) is 0 Å². The Morgan fingerprint density at radius 1 is 1.44 bits per heavy atom. The molecule has 0 aliphatic carbocycles. The van der Waals surface area contributed by atoms with Crippen LogP contribution in [0.2, 0.25) is 0 Å². The highest BCUT2D eigenvalue weighted by molar-refractivity contribution is 7.07. The van der Waals surface area contributed by atoms with Gasteiger partial charge in [0.05, 0.1) is 12.1 Å². The third-order valence-corrected chi connectivity index (χ3v) is 3.09. The number of benzene rings is 1. The van der Waals surface area contributed by atoms with E-state index in [2.05, 4.69) is 10.3 Å². The van der Waals surface area contributed by atoms with Gasteiger partial charge in [-0.2, -0.15) is 0 Å². The van der Waals surface area contributed by atoms with E-state index in [1.807, 2.05) is 0 Å². The number of aromatic nitrogens is 1. The molecular formula is C11H12N4O2S. The van der Waals surface area contributed by atoms with Crippen molar-refractivity contribution < 1.29 is 4.79 Å². The summed E-state index contributed by atoms with van der Waals surface area (Å²) in [7, 11) is 0. The lowest BCUT2D eigenvalue weighted by Crippen LogP contribution is -2.14. The van der Waals surface area contributed by atoms with E-state index in [-0.39, 0.29) is 10.4 Å². The molecule has 0 saturated carbocycles. The van der Waals surface area contributed by atoms with Crippen molar-refractivity contribution in [2.24, 2.45) is 5.73 Å². The second-order valence-electron chi connectivity index (χ2n) is 3.69. The van der Waals surface area contributed by atoms with Crippen molar-refractivity contribution in [2.45, 2.75) is 6.54 Å². The van der Waals surface area contributed by atoms with Gasteiger partial charge in [0.15, 0.2) is 0 Å². The Morgan fingerprint density at radius 2 is 2.22 bits per heavy atom. The van der Waals surface area contributed by atoms with E-state index in [9.17, 15) is 9.59 Å². The number of rotatable bonds is 4. The molecule has 1 aromatic heterocycles. The summed E-state index contributed by atoms with van der Waals surface area (Å²) in [6, 6.07) is 4.94. The fourth-order valence-corrected chi connectivity index (χ4v) is 2.06. The quantitative estimate of drug-likeness (QED) is 0.609. The first kappa shape index (κ1) is 12.2. The minimum atomic E-state index is -0.569. The summed E-state index contributed by atoms with van der Waals surface area (Å²) in [5, 5.41) is 4.81. The molecule has 2 aromatic rings. The van der Waals surface area contributed by atoms with Crippen LogP contribution in [-0.4, -0.2) is 10.9 Å². The largest absolute Gasteiger partial charge is 0.398 e. The molecular weight excluding hydrogens is 252 g/mol. The van der Waals surface area contributed by atoms with Crippen LogP contribution in [-0.2, 0) is 6.54 Å². The van der Waals surface area contributed by atoms with Gasteiger partial charge in [-0.05, 0) is 18.2 Å². The van der Waals surface area contributed by atoms with Crippen LogP contribution in [0.25, 0.3) is 0 Å². The third-order valence-electron chi connectivity index (χ3n) is 2.37. The molecule has 0 bridgehead atoms. The van der Waals surface area contributed by atoms with Gasteiger partial charge in [0.25, 0.3) is 5.91 Å². The van der Waals surface area contributed by atoms with E-state index in [1.165, 1.54) is 0 Å². The Kier molecular flexibility index (Phi) is 3.33. The number of carbonyl (C=O) groups excluding carboxylic acids is 1. The van der Waals surface area contributed by atoms with Gasteiger partial charge in [0, 0.05) is 22.4 Å². The second-order valence-corrected chi connectivity index (χ2v) is 4.54. The van der Waals surface area contributed by atoms with Gasteiger partial charge in [0.2, 0.25) is 0 Å². The van der Waals surface area contributed by atoms with Gasteiger partial charge >= 0.3 is 4.87 Å². The van der Waals surface area contributed by atoms with Crippen molar-refractivity contribution in [3.05, 3.63) is 44.5 Å². The molecule has 94 valence electrons. The number of nitrogens with one attached hydrogen (secondary N) is 2. The van der Waals surface area contributed by atoms with E-state index in [4.69, 9.17) is 11.5 Å². The number of nitrogens with two attached hydrogens (primary N) is 2. The monoisotopic (exact) mass is 264 g/mol. The number of amides is 1. The average molecular weight is 264 g/mol. The molecule has 0 fully saturated rings. The first-order valence-corrected chi connectivity index (χ1v) is 6.04. The number of carbonyl (C=O) groups is 1. The maximum Gasteiger partial charge on any atom is 0.304 e. The number of hydrogen-bond acceptors (Lipinski definition) is 5. The minimum absolute atomic E-state index is 0.0954. The van der Waals surface area contributed by atoms with Crippen LogP contribution in [0.4, 0.5) is 11.4 Å². The number of primary amides is 1. The van der Waals surface area contributed by atoms with Gasteiger partial charge in [0.1, 0.15) is 0 Å². The molecule has 0 spiro atoms. The molecule has 7 heteroatoms. The Bertz CT molecular complexity index is 632. The SMILES string of the molecule is NC(=O)c1cc(NCc2csc(=O)[nH]2)ccc1N. The normalized spacial score (nSPS) is 10.2. The number of nitrogen functional groups attached to an aromatic ring is 1. The van der Waals surface area contributed by atoms with Gasteiger partial charge < -0.3 is 21.8 Å². The fraction of sp³-hybridized carbons (Fsp3) is 0.0909. The highest BCUT2D eigenvalue weighted by atomic mass is 32.1. The molecule has 0 saturated heterocycles. The number of H-pyrrole nitrogens is 1. The van der Waals surface area contributed by atoms with Crippen molar-refractivity contribution in [1.29, 1.82) is 0 Å². The predicted octanol–water partition coefficient (Wildman–Crippen LogP) is 0.730. The van der Waals surface area contributed by atoms with Crippen molar-refractivity contribution in [2.75, 3.05) is 11.1 Å². The zero-order valence-electron chi connectivity index (χ0n) is 9.40. The maximum atomic E-state index is 11.1. The molecule has 1 amide bonds. The van der Waals surface area contributed by atoms with E-state index in [0.717, 1.165) is 17.0 Å². The fourth-order valence-electron chi connectivity index (χ4n) is 1.48. The number of anilines is 2. The van der Waals surface area contributed by atoms with Crippen molar-refractivity contribution in [3.63, 3.8) is 0 Å². The molecule has 2 rings (SSSR count). The molecule has 0 atom stereocenters. The summed E-state index contributed by atoms with van der Waals surface area (Å²) in [6.45, 7) is 0.459. The van der Waals surface area contributed by atoms with E-state index in [1.54, 1.807) is 23.6 Å². The lowest BCUT2D eigenvalue weighted by molar-refractivity contribution is 0.100. The zero-order valence-corrected chi connectivity index (χ0v) is 10.2. The number of thiazole rings is 1. The predicted molar refractivity (Wildman–Crippen MR) is 71.6 cm³/mol. The molecule has 0 unspecified atom stereocenters. The van der Waals surface area contributed by atoms with Crippen molar-refractivity contribution in [3.8, 4) is 0 Å². The maximum absolute atomic E-state index is 11.1. The number of hydrogen-bond donors (Lipinski definition) is 4. The highest BCUT2D eigenvalue weighted by Gasteiger charge is 2.06. The average Bonchev–Trinajstić information content (AvgIpc) is 2.74. The topological polar surface area (TPSA) is 114 Å². The summed E-state index contributed by atoms with van der Waals surface area (Å²) < 4.78 is 0. The van der Waals surface area contributed by atoms with Gasteiger partial charge in [-0.25, -0.2) is 0 Å². The van der Waals surface area contributed by atoms with Crippen LogP contribution < -0.4 is 21.7 Å². The smallest absolute Gasteiger partial charge is 0.304 e. The Hall–Kier alpha value is -2.28. The minimum Gasteiger partial charge on any atom is -0.398 e. The third kappa shape index (κ3) is 2.69. The molecule has 0 aliphatic rings. The number of aromatic amines is 1. The summed E-state index contributed by atoms with van der Waals surface area (Å²) >= 11 is 1.10. The summed E-state index contributed by atoms with van der Waals surface area (Å²) in [4.78, 5) is 24.7. The van der Waals surface area contributed by atoms with Crippen molar-refractivity contribution >= 4 is 28.6 Å². The molecule has 6 nitrogen and oxygen atoms in total. The Balaban J connectivity index is 2.12. The Labute approximate surface area is 107 Å². The molecule has 0 radical (unpaired) electrons. The van der Waals surface area contributed by atoms with Crippen LogP contribution in [0.1, 0.15) is 16.1 Å². The molecule has 0 aliphatic heterocycles. The summed E-state index contributed by atoms with van der Waals surface area (Å²) in [6.07, 6.45) is 0. The summed E-state index contributed by atoms with van der Waals surface area (Å²) in [5.74, 6) is -0.569. The summed E-state index contributed by atoms with van der Waals surface area (Å²) in [5.41, 5.74) is 12.9. The highest BCUT2D eigenvalue weighted by Crippen LogP contribution is 2.17. The van der Waals surface area contributed by atoms with Gasteiger partial charge in [-0.15, -0.1) is 0 Å². The standard InChI is InChI=1S/C11H12N4O2S/c12-9-2-1-6(3-8(9)10(13)16)14-4-7-5-18-11(17)15-7/h1-3,5,14H,4,12H2,(H2,13,16)(H,15,17). The first-order chi connectivity index (χ1) is 8.56. The van der Waals surface area contributed by atoms with Gasteiger partial charge in [-0.3, -0.25) is 9.59 Å². The van der Waals surface area contributed by atoms with E-state index >= 15 is 0 Å². The molecule has 18 heavy (non-hydrogen) atoms. The Morgan fingerprint density at radius 3 is 2.83 bits per heavy atom. The van der Waals surface area contributed by atoms with Crippen molar-refractivity contribution in [1.82, 2.24) is 4.98 Å².